The molecule has 6 aromatic carbocycles. The smallest absolute Gasteiger partial charge is 0.400 e. The molecule has 0 saturated carbocycles. The number of benzene rings is 6. The summed E-state index contributed by atoms with van der Waals surface area (Å²) in [4.78, 5) is 18.2. The zero-order valence-corrected chi connectivity index (χ0v) is 75.4. The molecule has 16 aromatic rings. The van der Waals surface area contributed by atoms with Gasteiger partial charge in [-0.3, -0.25) is 37.6 Å². The predicted molar refractivity (Wildman–Crippen MR) is 452 cm³/mol. The topological polar surface area (TPSA) is 226 Å². The minimum atomic E-state index is -5.84. The molecule has 0 bridgehead atoms. The summed E-state index contributed by atoms with van der Waals surface area (Å²) in [6, 6.07) is 72.5. The number of nitrogens with zero attached hydrogens (tertiary/aromatic N) is 14. The Balaban J connectivity index is 0.000000145. The van der Waals surface area contributed by atoms with Gasteiger partial charge in [0.1, 0.15) is 5.65 Å². The van der Waals surface area contributed by atoms with Crippen molar-refractivity contribution in [2.24, 2.45) is 0 Å². The van der Waals surface area contributed by atoms with E-state index in [9.17, 15) is 13.2 Å². The summed E-state index contributed by atoms with van der Waals surface area (Å²) in [6.45, 7) is 40.7. The summed E-state index contributed by atoms with van der Waals surface area (Å²) in [5, 5.41) is 36.2. The molecular formula is C93H98F3Ir2N14O5S-2. The Hall–Kier alpha value is -10.2. The third-order valence-corrected chi connectivity index (χ3v) is 25.7. The molecule has 19 nitrogen and oxygen atoms in total. The minimum absolute atomic E-state index is 0. The van der Waals surface area contributed by atoms with Crippen LogP contribution < -0.4 is 0 Å². The van der Waals surface area contributed by atoms with E-state index in [1.54, 1.807) is 0 Å². The van der Waals surface area contributed by atoms with E-state index in [1.807, 2.05) is 137 Å². The van der Waals surface area contributed by atoms with Gasteiger partial charge in [-0.1, -0.05) is 159 Å². The van der Waals surface area contributed by atoms with Gasteiger partial charge >= 0.3 is 35.7 Å². The van der Waals surface area contributed by atoms with Crippen LogP contribution in [0.5, 0.6) is 0 Å². The maximum Gasteiger partial charge on any atom is 3.00 e. The quantitative estimate of drug-likeness (QED) is 0.0556. The van der Waals surface area contributed by atoms with Crippen LogP contribution in [0.3, 0.4) is 0 Å². The number of hydrogen-bond acceptors (Lipinski definition) is 12. The number of aryl methyl sites for hydroxylation is 2. The van der Waals surface area contributed by atoms with E-state index in [0.717, 1.165) is 97.9 Å². The van der Waals surface area contributed by atoms with Crippen molar-refractivity contribution in [3.05, 3.63) is 300 Å². The number of imidazole rings is 2. The van der Waals surface area contributed by atoms with Crippen LogP contribution in [0.15, 0.2) is 213 Å². The van der Waals surface area contributed by atoms with Gasteiger partial charge in [0.15, 0.2) is 0 Å². The molecule has 4 aliphatic rings. The van der Waals surface area contributed by atoms with Gasteiger partial charge < -0.3 is 19.6 Å². The summed E-state index contributed by atoms with van der Waals surface area (Å²) in [5.74, 6) is 0. The summed E-state index contributed by atoms with van der Waals surface area (Å²) >= 11 is 0. The first-order valence-electron chi connectivity index (χ1n) is 38.1. The molecule has 4 aliphatic heterocycles. The van der Waals surface area contributed by atoms with E-state index in [-0.39, 0.29) is 83.5 Å². The van der Waals surface area contributed by atoms with Crippen LogP contribution in [0.1, 0.15) is 167 Å². The third-order valence-electron chi connectivity index (χ3n) is 25.1. The fraction of sp³-hybridized carbons (Fsp3) is 0.312. The molecule has 0 unspecified atom stereocenters. The average Bonchev–Trinajstić information content (AvgIpc) is 1.37. The maximum absolute atomic E-state index is 10.7. The summed E-state index contributed by atoms with van der Waals surface area (Å²) < 4.78 is 69.9. The molecular weight excluding hydrogens is 1870 g/mol. The Kier molecular flexibility index (Phi) is 25.9. The Morgan fingerprint density at radius 3 is 1.02 bits per heavy atom. The summed E-state index contributed by atoms with van der Waals surface area (Å²) in [6.07, 6.45) is 15.1. The zero-order chi connectivity index (χ0) is 84.3. The first-order valence-corrected chi connectivity index (χ1v) is 39.5. The molecule has 3 N–H and O–H groups in total. The Bertz CT molecular complexity index is 5830. The van der Waals surface area contributed by atoms with Gasteiger partial charge in [-0.05, 0) is 116 Å². The number of pyridine rings is 4. The number of aromatic nitrogens is 14. The second kappa shape index (κ2) is 33.9. The Morgan fingerprint density at radius 1 is 0.373 bits per heavy atom. The minimum Gasteiger partial charge on any atom is -0.400 e. The second-order valence-electron chi connectivity index (χ2n) is 33.1. The van der Waals surface area contributed by atoms with Gasteiger partial charge in [0.2, 0.25) is 0 Å². The van der Waals surface area contributed by atoms with Crippen LogP contribution >= 0.6 is 0 Å². The van der Waals surface area contributed by atoms with Gasteiger partial charge in [0, 0.05) is 150 Å². The molecule has 0 atom stereocenters. The molecule has 0 saturated heterocycles. The van der Waals surface area contributed by atoms with Crippen LogP contribution in [0.4, 0.5) is 13.2 Å². The fourth-order valence-corrected chi connectivity index (χ4v) is 15.8. The molecule has 25 heteroatoms. The van der Waals surface area contributed by atoms with Crippen molar-refractivity contribution >= 4 is 65.0 Å². The van der Waals surface area contributed by atoms with Crippen LogP contribution in [0.2, 0.25) is 0 Å². The van der Waals surface area contributed by atoms with Crippen molar-refractivity contribution in [3.8, 4) is 22.7 Å². The van der Waals surface area contributed by atoms with Gasteiger partial charge in [-0.2, -0.15) is 139 Å². The number of hydrogen-bond donors (Lipinski definition) is 3. The molecule has 1 radical (unpaired) electrons. The SMILES string of the molecule is CC1(C)c2ccc[c-]c2-n2nccc2C1(C)C.CC1(C)c2ccc[c-]c2-n2nccc2C1(C)C.CC1(C)c2ccc[c-]c2-n2nccc2C1(C)C.CC1(C)c2ccc[c-]c2-n2nccc2C1(C)C.CO.CO.Cc1c[c-]c2c(n1)c1ccccc1n1ccnc21.Cc1ccc2c(n1)c1ccccc1n1ccnc21.O=S(=O)(O)C(F)(F)F.[Ir+3].[Ir]. The van der Waals surface area contributed by atoms with Crippen molar-refractivity contribution in [1.82, 2.24) is 67.9 Å². The first-order chi connectivity index (χ1) is 54.8. The zero-order valence-electron chi connectivity index (χ0n) is 69.8. The van der Waals surface area contributed by atoms with Gasteiger partial charge in [0.05, 0.1) is 16.7 Å². The maximum atomic E-state index is 10.7. The van der Waals surface area contributed by atoms with E-state index in [1.165, 1.54) is 50.4 Å². The van der Waals surface area contributed by atoms with Gasteiger partial charge in [-0.25, -0.2) is 4.98 Å². The van der Waals surface area contributed by atoms with E-state index in [0.29, 0.717) is 0 Å². The van der Waals surface area contributed by atoms with E-state index < -0.39 is 15.6 Å². The third kappa shape index (κ3) is 15.4. The van der Waals surface area contributed by atoms with Crippen molar-refractivity contribution in [2.75, 3.05) is 14.2 Å². The van der Waals surface area contributed by atoms with Gasteiger partial charge in [0.25, 0.3) is 0 Å². The number of aliphatic hydroxyl groups is 2. The van der Waals surface area contributed by atoms with Crippen molar-refractivity contribution in [3.63, 3.8) is 0 Å². The number of rotatable bonds is 0. The molecule has 14 heterocycles. The number of alkyl halides is 3. The largest absolute Gasteiger partial charge is 3.00 e. The van der Waals surface area contributed by atoms with Crippen molar-refractivity contribution in [1.29, 1.82) is 0 Å². The molecule has 0 aliphatic carbocycles. The molecule has 20 rings (SSSR count). The Labute approximate surface area is 714 Å². The van der Waals surface area contributed by atoms with E-state index in [4.69, 9.17) is 23.2 Å². The first kappa shape index (κ1) is 90.1. The molecule has 10 aromatic heterocycles. The summed E-state index contributed by atoms with van der Waals surface area (Å²) in [7, 11) is -3.84. The number of fused-ring (bicyclic) bond motifs is 24. The van der Waals surface area contributed by atoms with Gasteiger partial charge in [-0.15, -0.1) is 34.4 Å². The monoisotopic (exact) mass is 1970 g/mol. The van der Waals surface area contributed by atoms with E-state index >= 15 is 0 Å². The number of halogens is 3. The average molecular weight is 1970 g/mol. The number of aliphatic hydroxyl groups excluding tert-OH is 2. The Morgan fingerprint density at radius 2 is 0.678 bits per heavy atom. The van der Waals surface area contributed by atoms with Crippen LogP contribution in [0, 0.1) is 44.2 Å². The van der Waals surface area contributed by atoms with Crippen LogP contribution in [-0.2, 0) is 93.6 Å². The second-order valence-corrected chi connectivity index (χ2v) is 34.5. The fourth-order valence-electron chi connectivity index (χ4n) is 15.8. The molecule has 617 valence electrons. The normalized spacial score (nSPS) is 15.8. The van der Waals surface area contributed by atoms with Crippen LogP contribution in [-0.4, -0.2) is 111 Å². The van der Waals surface area contributed by atoms with Crippen LogP contribution in [0.25, 0.3) is 77.7 Å². The van der Waals surface area contributed by atoms with Crippen molar-refractivity contribution in [2.45, 2.75) is 173 Å². The predicted octanol–water partition coefficient (Wildman–Crippen LogP) is 19.1. The van der Waals surface area contributed by atoms with Crippen molar-refractivity contribution < 1.29 is 76.6 Å². The van der Waals surface area contributed by atoms with E-state index in [2.05, 4.69) is 299 Å². The number of para-hydroxylation sites is 6. The molecule has 0 amide bonds. The molecule has 118 heavy (non-hydrogen) atoms. The molecule has 0 fully saturated rings. The molecule has 0 spiro atoms. The summed E-state index contributed by atoms with van der Waals surface area (Å²) in [5.41, 5.74) is 17.9. The standard InChI is InChI=1S/C15H11N3.C15H10N3.4C15H17N2.CHF3O3S.2CH4O.2Ir/c2*1-10-6-7-12-14(17-10)11-4-2-3-5-13(11)18-9-8-16-15(12)18;4*1-14(2)11-7-5-6-8-12(11)17-13(9-10-16-17)15(14,3)4;2-1(3,4)8(5,6)7;2*1-2;;/h2-9H,1H3;2-6,8-9H,1H3;4*5-7,9-10H,1-4H3;(H,5,6,7);2*2H,1H3;;/q;5*-1;;;;;+3.